The number of rotatable bonds is 4. The molecule has 17 heavy (non-hydrogen) atoms. The lowest BCUT2D eigenvalue weighted by Gasteiger charge is -2.22. The number of primary amides is 1. The molecule has 1 amide bonds. The SMILES string of the molecule is NC(=O)C1CCN(CC(C(=O)O)C(F)(F)F)C1. The van der Waals surface area contributed by atoms with Crippen LogP contribution in [0.3, 0.4) is 0 Å². The summed E-state index contributed by atoms with van der Waals surface area (Å²) in [5, 5.41) is 8.51. The van der Waals surface area contributed by atoms with Crippen LogP contribution < -0.4 is 5.73 Å². The lowest BCUT2D eigenvalue weighted by atomic mass is 10.1. The maximum Gasteiger partial charge on any atom is 0.403 e. The Kier molecular flexibility index (Phi) is 3.97. The first kappa shape index (κ1) is 13.8. The molecule has 0 saturated carbocycles. The van der Waals surface area contributed by atoms with Crippen molar-refractivity contribution in [2.24, 2.45) is 17.6 Å². The van der Waals surface area contributed by atoms with Gasteiger partial charge in [-0.05, 0) is 13.0 Å². The first-order valence-corrected chi connectivity index (χ1v) is 5.03. The summed E-state index contributed by atoms with van der Waals surface area (Å²) < 4.78 is 37.1. The molecule has 0 aromatic heterocycles. The average molecular weight is 254 g/mol. The zero-order chi connectivity index (χ0) is 13.2. The Morgan fingerprint density at radius 2 is 2.06 bits per heavy atom. The average Bonchev–Trinajstić information content (AvgIpc) is 2.59. The largest absolute Gasteiger partial charge is 0.481 e. The van der Waals surface area contributed by atoms with Gasteiger partial charge in [0.2, 0.25) is 5.91 Å². The molecule has 3 N–H and O–H groups in total. The number of aliphatic carboxylic acids is 1. The lowest BCUT2D eigenvalue weighted by molar-refractivity contribution is -0.196. The molecule has 1 fully saturated rings. The van der Waals surface area contributed by atoms with Crippen molar-refractivity contribution in [3.05, 3.63) is 0 Å². The zero-order valence-electron chi connectivity index (χ0n) is 8.91. The van der Waals surface area contributed by atoms with Crippen LogP contribution in [-0.2, 0) is 9.59 Å². The summed E-state index contributed by atoms with van der Waals surface area (Å²) in [5.41, 5.74) is 5.03. The Morgan fingerprint density at radius 3 is 2.41 bits per heavy atom. The van der Waals surface area contributed by atoms with Gasteiger partial charge >= 0.3 is 12.1 Å². The van der Waals surface area contributed by atoms with Crippen LogP contribution in [0.1, 0.15) is 6.42 Å². The van der Waals surface area contributed by atoms with Crippen LogP contribution in [0.25, 0.3) is 0 Å². The standard InChI is InChI=1S/C9H13F3N2O3/c10-9(11,12)6(8(16)17)4-14-2-1-5(3-14)7(13)15/h5-6H,1-4H2,(H2,13,15)(H,16,17). The lowest BCUT2D eigenvalue weighted by Crippen LogP contribution is -2.41. The van der Waals surface area contributed by atoms with Gasteiger partial charge in [-0.15, -0.1) is 0 Å². The first-order valence-electron chi connectivity index (χ1n) is 5.03. The van der Waals surface area contributed by atoms with Gasteiger partial charge in [-0.25, -0.2) is 0 Å². The molecule has 1 aliphatic rings. The van der Waals surface area contributed by atoms with Crippen LogP contribution in [0.2, 0.25) is 0 Å². The molecule has 8 heteroatoms. The highest BCUT2D eigenvalue weighted by Gasteiger charge is 2.46. The van der Waals surface area contributed by atoms with Crippen LogP contribution in [0.5, 0.6) is 0 Å². The second kappa shape index (κ2) is 4.91. The Hall–Kier alpha value is -1.31. The summed E-state index contributed by atoms with van der Waals surface area (Å²) in [4.78, 5) is 22.6. The molecule has 0 spiro atoms. The van der Waals surface area contributed by atoms with E-state index in [4.69, 9.17) is 10.8 Å². The van der Waals surface area contributed by atoms with Crippen molar-refractivity contribution in [2.75, 3.05) is 19.6 Å². The fraction of sp³-hybridized carbons (Fsp3) is 0.778. The van der Waals surface area contributed by atoms with Crippen LogP contribution >= 0.6 is 0 Å². The highest BCUT2D eigenvalue weighted by Crippen LogP contribution is 2.29. The van der Waals surface area contributed by atoms with Crippen molar-refractivity contribution < 1.29 is 27.9 Å². The van der Waals surface area contributed by atoms with E-state index in [2.05, 4.69) is 0 Å². The number of carboxylic acids is 1. The molecule has 1 saturated heterocycles. The minimum absolute atomic E-state index is 0.0925. The van der Waals surface area contributed by atoms with Gasteiger partial charge in [-0.1, -0.05) is 0 Å². The number of amides is 1. The van der Waals surface area contributed by atoms with Gasteiger partial charge in [0.15, 0.2) is 5.92 Å². The molecular formula is C9H13F3N2O3. The van der Waals surface area contributed by atoms with Crippen LogP contribution in [0.15, 0.2) is 0 Å². The molecule has 2 atom stereocenters. The highest BCUT2D eigenvalue weighted by molar-refractivity contribution is 5.77. The van der Waals surface area contributed by atoms with E-state index in [0.717, 1.165) is 0 Å². The van der Waals surface area contributed by atoms with Gasteiger partial charge < -0.3 is 15.7 Å². The number of likely N-dealkylation sites (tertiary alicyclic amines) is 1. The minimum atomic E-state index is -4.78. The van der Waals surface area contributed by atoms with Crippen molar-refractivity contribution in [3.8, 4) is 0 Å². The van der Waals surface area contributed by atoms with E-state index in [9.17, 15) is 22.8 Å². The van der Waals surface area contributed by atoms with Crippen LogP contribution in [0, 0.1) is 11.8 Å². The molecule has 1 aliphatic heterocycles. The number of hydrogen-bond donors (Lipinski definition) is 2. The number of hydrogen-bond acceptors (Lipinski definition) is 3. The number of carboxylic acid groups (broad SMARTS) is 1. The number of carbonyl (C=O) groups is 2. The summed E-state index contributed by atoms with van der Waals surface area (Å²) in [6.45, 7) is -0.286. The molecule has 98 valence electrons. The normalized spacial score (nSPS) is 23.6. The number of alkyl halides is 3. The molecule has 1 heterocycles. The van der Waals surface area contributed by atoms with Gasteiger partial charge in [-0.3, -0.25) is 9.59 Å². The smallest absolute Gasteiger partial charge is 0.403 e. The van der Waals surface area contributed by atoms with E-state index in [1.165, 1.54) is 4.90 Å². The third kappa shape index (κ3) is 3.58. The summed E-state index contributed by atoms with van der Waals surface area (Å²) in [6, 6.07) is 0. The van der Waals surface area contributed by atoms with E-state index in [1.54, 1.807) is 0 Å². The van der Waals surface area contributed by atoms with Gasteiger partial charge in [0.25, 0.3) is 0 Å². The van der Waals surface area contributed by atoms with E-state index < -0.39 is 36.4 Å². The maximum absolute atomic E-state index is 12.4. The fourth-order valence-electron chi connectivity index (χ4n) is 1.81. The summed E-state index contributed by atoms with van der Waals surface area (Å²) in [7, 11) is 0. The monoisotopic (exact) mass is 254 g/mol. The quantitative estimate of drug-likeness (QED) is 0.743. The summed E-state index contributed by atoms with van der Waals surface area (Å²) in [5.74, 6) is -5.38. The van der Waals surface area contributed by atoms with Crippen LogP contribution in [0.4, 0.5) is 13.2 Å². The third-order valence-corrected chi connectivity index (χ3v) is 2.81. The van der Waals surface area contributed by atoms with Gasteiger partial charge in [0.1, 0.15) is 0 Å². The van der Waals surface area contributed by atoms with E-state index in [-0.39, 0.29) is 13.1 Å². The Labute approximate surface area is 95.4 Å². The number of halogens is 3. The first-order chi connectivity index (χ1) is 7.71. The summed E-state index contributed by atoms with van der Waals surface area (Å²) >= 11 is 0. The minimum Gasteiger partial charge on any atom is -0.481 e. The van der Waals surface area contributed by atoms with E-state index in [1.807, 2.05) is 0 Å². The Morgan fingerprint density at radius 1 is 1.47 bits per heavy atom. The number of carbonyl (C=O) groups excluding carboxylic acids is 1. The molecule has 0 bridgehead atoms. The van der Waals surface area contributed by atoms with Crippen molar-refractivity contribution in [2.45, 2.75) is 12.6 Å². The maximum atomic E-state index is 12.4. The molecular weight excluding hydrogens is 241 g/mol. The molecule has 0 aromatic rings. The van der Waals surface area contributed by atoms with Gasteiger partial charge in [-0.2, -0.15) is 13.2 Å². The molecule has 2 unspecified atom stereocenters. The zero-order valence-corrected chi connectivity index (χ0v) is 8.91. The molecule has 1 rings (SSSR count). The molecule has 0 aromatic carbocycles. The van der Waals surface area contributed by atoms with Gasteiger partial charge in [0, 0.05) is 13.1 Å². The van der Waals surface area contributed by atoms with E-state index in [0.29, 0.717) is 6.42 Å². The third-order valence-electron chi connectivity index (χ3n) is 2.81. The Bertz CT molecular complexity index is 319. The van der Waals surface area contributed by atoms with Crippen molar-refractivity contribution in [1.82, 2.24) is 4.90 Å². The molecule has 5 nitrogen and oxygen atoms in total. The van der Waals surface area contributed by atoms with Crippen molar-refractivity contribution >= 4 is 11.9 Å². The molecule has 0 aliphatic carbocycles. The predicted octanol–water partition coefficient (Wildman–Crippen LogP) is 0.0567. The predicted molar refractivity (Wildman–Crippen MR) is 50.9 cm³/mol. The van der Waals surface area contributed by atoms with Crippen molar-refractivity contribution in [3.63, 3.8) is 0 Å². The van der Waals surface area contributed by atoms with Crippen LogP contribution in [-0.4, -0.2) is 47.7 Å². The second-order valence-electron chi connectivity index (χ2n) is 4.08. The fourth-order valence-corrected chi connectivity index (χ4v) is 1.81. The Balaban J connectivity index is 2.59. The second-order valence-corrected chi connectivity index (χ2v) is 4.08. The number of nitrogens with two attached hydrogens (primary N) is 1. The number of nitrogens with zero attached hydrogens (tertiary/aromatic N) is 1. The van der Waals surface area contributed by atoms with Crippen molar-refractivity contribution in [1.29, 1.82) is 0 Å². The molecule has 0 radical (unpaired) electrons. The summed E-state index contributed by atoms with van der Waals surface area (Å²) in [6.07, 6.45) is -4.41. The van der Waals surface area contributed by atoms with Gasteiger partial charge in [0.05, 0.1) is 5.92 Å². The van der Waals surface area contributed by atoms with E-state index >= 15 is 0 Å². The highest BCUT2D eigenvalue weighted by atomic mass is 19.4. The topological polar surface area (TPSA) is 83.6 Å².